The van der Waals surface area contributed by atoms with Crippen molar-refractivity contribution in [2.24, 2.45) is 0 Å². The standard InChI is InChI=1S/C18H16O4/c1-12(2)18(20)22-17-10-8-16(9-11-17)21-15-6-4-14(5-7-15)13(3)19/h4-11H,1H2,2-3H3. The summed E-state index contributed by atoms with van der Waals surface area (Å²) in [5, 5.41) is 0. The zero-order chi connectivity index (χ0) is 16.1. The molecule has 0 aliphatic heterocycles. The van der Waals surface area contributed by atoms with Crippen LogP contribution in [-0.2, 0) is 4.79 Å². The van der Waals surface area contributed by atoms with Gasteiger partial charge in [0.05, 0.1) is 0 Å². The molecule has 0 saturated heterocycles. The number of rotatable bonds is 5. The first-order chi connectivity index (χ1) is 10.5. The highest BCUT2D eigenvalue weighted by Gasteiger charge is 2.06. The van der Waals surface area contributed by atoms with Crippen LogP contribution in [0.25, 0.3) is 0 Å². The maximum Gasteiger partial charge on any atom is 0.338 e. The van der Waals surface area contributed by atoms with Gasteiger partial charge in [-0.15, -0.1) is 0 Å². The molecule has 0 radical (unpaired) electrons. The van der Waals surface area contributed by atoms with Crippen molar-refractivity contribution in [3.05, 3.63) is 66.2 Å². The predicted octanol–water partition coefficient (Wildman–Crippen LogP) is 4.16. The Labute approximate surface area is 129 Å². The molecule has 112 valence electrons. The summed E-state index contributed by atoms with van der Waals surface area (Å²) in [6, 6.07) is 13.5. The Hall–Kier alpha value is -2.88. The van der Waals surface area contributed by atoms with Crippen LogP contribution < -0.4 is 9.47 Å². The molecule has 0 spiro atoms. The molecule has 0 unspecified atom stereocenters. The van der Waals surface area contributed by atoms with Crippen LogP contribution in [0.3, 0.4) is 0 Å². The van der Waals surface area contributed by atoms with Gasteiger partial charge in [-0.25, -0.2) is 4.79 Å². The number of esters is 1. The van der Waals surface area contributed by atoms with Crippen molar-refractivity contribution in [1.82, 2.24) is 0 Å². The molecular formula is C18H16O4. The monoisotopic (exact) mass is 296 g/mol. The zero-order valence-electron chi connectivity index (χ0n) is 12.5. The van der Waals surface area contributed by atoms with E-state index in [4.69, 9.17) is 9.47 Å². The van der Waals surface area contributed by atoms with E-state index >= 15 is 0 Å². The Balaban J connectivity index is 2.03. The summed E-state index contributed by atoms with van der Waals surface area (Å²) in [6.07, 6.45) is 0. The predicted molar refractivity (Wildman–Crippen MR) is 83.4 cm³/mol. The van der Waals surface area contributed by atoms with Crippen molar-refractivity contribution >= 4 is 11.8 Å². The van der Waals surface area contributed by atoms with Gasteiger partial charge in [-0.1, -0.05) is 6.58 Å². The molecule has 0 fully saturated rings. The highest BCUT2D eigenvalue weighted by atomic mass is 16.5. The van der Waals surface area contributed by atoms with E-state index in [1.54, 1.807) is 55.5 Å². The van der Waals surface area contributed by atoms with E-state index in [1.807, 2.05) is 0 Å². The van der Waals surface area contributed by atoms with E-state index in [-0.39, 0.29) is 5.78 Å². The van der Waals surface area contributed by atoms with Gasteiger partial charge in [0.15, 0.2) is 5.78 Å². The van der Waals surface area contributed by atoms with E-state index in [1.165, 1.54) is 6.92 Å². The quantitative estimate of drug-likeness (QED) is 0.360. The van der Waals surface area contributed by atoms with Crippen LogP contribution in [0.1, 0.15) is 24.2 Å². The molecule has 0 aliphatic rings. The summed E-state index contributed by atoms with van der Waals surface area (Å²) in [6.45, 7) is 6.62. The average Bonchev–Trinajstić information content (AvgIpc) is 2.49. The summed E-state index contributed by atoms with van der Waals surface area (Å²) in [5.74, 6) is 1.19. The lowest BCUT2D eigenvalue weighted by Crippen LogP contribution is -2.07. The van der Waals surface area contributed by atoms with Gasteiger partial charge in [0.1, 0.15) is 17.2 Å². The van der Waals surface area contributed by atoms with Crippen molar-refractivity contribution in [1.29, 1.82) is 0 Å². The summed E-state index contributed by atoms with van der Waals surface area (Å²) < 4.78 is 10.7. The molecule has 0 N–H and O–H groups in total. The first-order valence-corrected chi connectivity index (χ1v) is 6.72. The zero-order valence-corrected chi connectivity index (χ0v) is 12.5. The molecule has 2 aromatic carbocycles. The van der Waals surface area contributed by atoms with Gasteiger partial charge in [0.25, 0.3) is 0 Å². The maximum atomic E-state index is 11.4. The fourth-order valence-electron chi connectivity index (χ4n) is 1.66. The Morgan fingerprint density at radius 1 is 0.818 bits per heavy atom. The van der Waals surface area contributed by atoms with Crippen molar-refractivity contribution in [3.8, 4) is 17.2 Å². The van der Waals surface area contributed by atoms with Crippen LogP contribution in [0, 0.1) is 0 Å². The number of Topliss-reactive ketones (excluding diaryl/α,β-unsaturated/α-hetero) is 1. The lowest BCUT2D eigenvalue weighted by atomic mass is 10.1. The molecule has 0 heterocycles. The summed E-state index contributed by atoms with van der Waals surface area (Å²) in [5.41, 5.74) is 0.972. The van der Waals surface area contributed by atoms with Crippen LogP contribution in [0.5, 0.6) is 17.2 Å². The van der Waals surface area contributed by atoms with Gasteiger partial charge < -0.3 is 9.47 Å². The van der Waals surface area contributed by atoms with E-state index in [0.717, 1.165) is 0 Å². The van der Waals surface area contributed by atoms with Crippen molar-refractivity contribution < 1.29 is 19.1 Å². The number of ketones is 1. The second kappa shape index (κ2) is 6.72. The number of hydrogen-bond donors (Lipinski definition) is 0. The molecule has 2 aromatic rings. The molecule has 0 atom stereocenters. The normalized spacial score (nSPS) is 9.91. The minimum Gasteiger partial charge on any atom is -0.457 e. The average molecular weight is 296 g/mol. The van der Waals surface area contributed by atoms with Gasteiger partial charge >= 0.3 is 5.97 Å². The van der Waals surface area contributed by atoms with Crippen molar-refractivity contribution in [2.45, 2.75) is 13.8 Å². The van der Waals surface area contributed by atoms with Crippen LogP contribution in [-0.4, -0.2) is 11.8 Å². The molecule has 4 heteroatoms. The first-order valence-electron chi connectivity index (χ1n) is 6.72. The highest BCUT2D eigenvalue weighted by Crippen LogP contribution is 2.24. The van der Waals surface area contributed by atoms with E-state index in [2.05, 4.69) is 6.58 Å². The van der Waals surface area contributed by atoms with Crippen LogP contribution in [0.4, 0.5) is 0 Å². The van der Waals surface area contributed by atoms with Gasteiger partial charge in [0.2, 0.25) is 0 Å². The minimum absolute atomic E-state index is 0.00947. The molecule has 0 aromatic heterocycles. The maximum absolute atomic E-state index is 11.4. The van der Waals surface area contributed by atoms with Crippen molar-refractivity contribution in [2.75, 3.05) is 0 Å². The third-order valence-electron chi connectivity index (χ3n) is 2.88. The van der Waals surface area contributed by atoms with Gasteiger partial charge in [0, 0.05) is 11.1 Å². The summed E-state index contributed by atoms with van der Waals surface area (Å²) >= 11 is 0. The molecule has 0 aliphatic carbocycles. The second-order valence-electron chi connectivity index (χ2n) is 4.82. The summed E-state index contributed by atoms with van der Waals surface area (Å²) in [7, 11) is 0. The van der Waals surface area contributed by atoms with E-state index < -0.39 is 5.97 Å². The first kappa shape index (κ1) is 15.5. The second-order valence-corrected chi connectivity index (χ2v) is 4.82. The van der Waals surface area contributed by atoms with Crippen LogP contribution >= 0.6 is 0 Å². The van der Waals surface area contributed by atoms with Gasteiger partial charge in [-0.05, 0) is 62.4 Å². The van der Waals surface area contributed by atoms with E-state index in [9.17, 15) is 9.59 Å². The number of ether oxygens (including phenoxy) is 2. The number of carbonyl (C=O) groups excluding carboxylic acids is 2. The molecule has 22 heavy (non-hydrogen) atoms. The molecule has 0 saturated carbocycles. The Morgan fingerprint density at radius 3 is 1.73 bits per heavy atom. The Bertz CT molecular complexity index is 697. The summed E-state index contributed by atoms with van der Waals surface area (Å²) in [4.78, 5) is 22.6. The molecular weight excluding hydrogens is 280 g/mol. The van der Waals surface area contributed by atoms with Crippen LogP contribution in [0.2, 0.25) is 0 Å². The molecule has 0 amide bonds. The van der Waals surface area contributed by atoms with Gasteiger partial charge in [-0.2, -0.15) is 0 Å². The smallest absolute Gasteiger partial charge is 0.338 e. The lowest BCUT2D eigenvalue weighted by molar-refractivity contribution is -0.130. The third-order valence-corrected chi connectivity index (χ3v) is 2.88. The highest BCUT2D eigenvalue weighted by molar-refractivity contribution is 5.94. The lowest BCUT2D eigenvalue weighted by Gasteiger charge is -2.08. The molecule has 2 rings (SSSR count). The van der Waals surface area contributed by atoms with Crippen LogP contribution in [0.15, 0.2) is 60.7 Å². The fraction of sp³-hybridized carbons (Fsp3) is 0.111. The van der Waals surface area contributed by atoms with E-state index in [0.29, 0.717) is 28.4 Å². The van der Waals surface area contributed by atoms with Gasteiger partial charge in [-0.3, -0.25) is 4.79 Å². The minimum atomic E-state index is -0.464. The number of hydrogen-bond acceptors (Lipinski definition) is 4. The Morgan fingerprint density at radius 2 is 1.27 bits per heavy atom. The topological polar surface area (TPSA) is 52.6 Å². The Kier molecular flexibility index (Phi) is 4.73. The molecule has 4 nitrogen and oxygen atoms in total. The SMILES string of the molecule is C=C(C)C(=O)Oc1ccc(Oc2ccc(C(C)=O)cc2)cc1. The third kappa shape index (κ3) is 4.06. The largest absolute Gasteiger partial charge is 0.457 e. The number of benzene rings is 2. The van der Waals surface area contributed by atoms with Crippen molar-refractivity contribution in [3.63, 3.8) is 0 Å². The number of carbonyl (C=O) groups is 2. The fourth-order valence-corrected chi connectivity index (χ4v) is 1.66. The molecule has 0 bridgehead atoms.